The average molecular weight is 364 g/mol. The molecule has 0 unspecified atom stereocenters. The maximum absolute atomic E-state index is 13.2. The molecular weight excluding hydrogens is 354 g/mol. The van der Waals surface area contributed by atoms with Crippen LogP contribution < -0.4 is 0 Å². The molecule has 1 aromatic carbocycles. The molecule has 4 nitrogen and oxygen atoms in total. The van der Waals surface area contributed by atoms with E-state index in [2.05, 4.69) is 15.9 Å². The summed E-state index contributed by atoms with van der Waals surface area (Å²) in [5, 5.41) is -0.127. The number of benzene rings is 1. The molecule has 1 saturated heterocycles. The Hall–Kier alpha value is -1.40. The molecule has 0 amide bonds. The predicted octanol–water partition coefficient (Wildman–Crippen LogP) is 3.46. The number of hydrogen-bond acceptors (Lipinski definition) is 4. The van der Waals surface area contributed by atoms with Gasteiger partial charge < -0.3 is 9.47 Å². The number of esters is 2. The maximum Gasteiger partial charge on any atom is 0.348 e. The Morgan fingerprint density at radius 3 is 2.35 bits per heavy atom. The van der Waals surface area contributed by atoms with Gasteiger partial charge in [-0.05, 0) is 23.8 Å². The second-order valence-corrected chi connectivity index (χ2v) is 5.79. The van der Waals surface area contributed by atoms with Gasteiger partial charge in [0, 0.05) is 18.3 Å². The van der Waals surface area contributed by atoms with E-state index in [0.29, 0.717) is 10.0 Å². The first kappa shape index (κ1) is 15.0. The number of carbonyl (C=O) groups is 2. The van der Waals surface area contributed by atoms with Gasteiger partial charge in [-0.15, -0.1) is 0 Å². The molecule has 0 aromatic heterocycles. The first-order valence-corrected chi connectivity index (χ1v) is 6.69. The Bertz CT molecular complexity index is 618. The largest absolute Gasteiger partial charge is 0.419 e. The number of carbonyl (C=O) groups excluding carboxylic acids is 2. The van der Waals surface area contributed by atoms with Crippen molar-refractivity contribution in [3.05, 3.63) is 38.6 Å². The molecule has 0 spiro atoms. The molecule has 0 saturated carbocycles. The lowest BCUT2D eigenvalue weighted by Gasteiger charge is -2.29. The summed E-state index contributed by atoms with van der Waals surface area (Å²) in [7, 11) is 0. The molecule has 106 valence electrons. The van der Waals surface area contributed by atoms with Crippen molar-refractivity contribution >= 4 is 45.5 Å². The molecule has 1 aliphatic heterocycles. The summed E-state index contributed by atoms with van der Waals surface area (Å²) in [5.74, 6) is -3.53. The smallest absolute Gasteiger partial charge is 0.348 e. The highest BCUT2D eigenvalue weighted by molar-refractivity contribution is 9.10. The van der Waals surface area contributed by atoms with Crippen LogP contribution in [-0.2, 0) is 19.1 Å². The predicted molar refractivity (Wildman–Crippen MR) is 73.4 cm³/mol. The zero-order valence-electron chi connectivity index (χ0n) is 10.5. The Balaban J connectivity index is 2.43. The molecule has 0 aliphatic carbocycles. The van der Waals surface area contributed by atoms with E-state index in [-0.39, 0.29) is 10.6 Å². The van der Waals surface area contributed by atoms with E-state index in [4.69, 9.17) is 21.1 Å². The lowest BCUT2D eigenvalue weighted by Crippen LogP contribution is -2.41. The average Bonchev–Trinajstić information content (AvgIpc) is 2.28. The Morgan fingerprint density at radius 2 is 1.80 bits per heavy atom. The van der Waals surface area contributed by atoms with Gasteiger partial charge in [0.25, 0.3) is 5.79 Å². The van der Waals surface area contributed by atoms with Crippen molar-refractivity contribution in [1.29, 1.82) is 0 Å². The molecule has 1 aromatic rings. The molecule has 2 rings (SSSR count). The summed E-state index contributed by atoms with van der Waals surface area (Å²) in [6.07, 6.45) is 1.23. The molecule has 1 fully saturated rings. The van der Waals surface area contributed by atoms with Crippen molar-refractivity contribution in [2.24, 2.45) is 0 Å². The summed E-state index contributed by atoms with van der Waals surface area (Å²) in [6.45, 7) is 2.90. The van der Waals surface area contributed by atoms with Crippen LogP contribution in [0.5, 0.6) is 0 Å². The molecule has 0 N–H and O–H groups in total. The molecule has 7 heteroatoms. The van der Waals surface area contributed by atoms with Crippen LogP contribution in [-0.4, -0.2) is 17.7 Å². The fourth-order valence-electron chi connectivity index (χ4n) is 1.58. The Kier molecular flexibility index (Phi) is 3.88. The zero-order valence-corrected chi connectivity index (χ0v) is 12.8. The topological polar surface area (TPSA) is 52.6 Å². The van der Waals surface area contributed by atoms with Crippen LogP contribution >= 0.6 is 27.5 Å². The van der Waals surface area contributed by atoms with Gasteiger partial charge >= 0.3 is 11.9 Å². The highest BCUT2D eigenvalue weighted by atomic mass is 79.9. The van der Waals surface area contributed by atoms with Crippen LogP contribution in [0.1, 0.15) is 19.4 Å². The highest BCUT2D eigenvalue weighted by Gasteiger charge is 2.38. The molecule has 1 heterocycles. The van der Waals surface area contributed by atoms with E-state index in [1.807, 2.05) is 0 Å². The SMILES string of the molecule is CC1(C)OC(=O)C(=Cc2cc(Cl)c(F)cc2Br)C(=O)O1. The van der Waals surface area contributed by atoms with E-state index in [0.717, 1.165) is 6.07 Å². The second-order valence-electron chi connectivity index (χ2n) is 4.52. The molecule has 0 radical (unpaired) electrons. The van der Waals surface area contributed by atoms with E-state index in [9.17, 15) is 14.0 Å². The van der Waals surface area contributed by atoms with Gasteiger partial charge in [0.2, 0.25) is 0 Å². The number of ether oxygens (including phenoxy) is 2. The summed E-state index contributed by atoms with van der Waals surface area (Å²) in [5.41, 5.74) is 0.0766. The molecule has 0 atom stereocenters. The van der Waals surface area contributed by atoms with Crippen LogP contribution in [0.25, 0.3) is 6.08 Å². The van der Waals surface area contributed by atoms with Crippen LogP contribution in [0.3, 0.4) is 0 Å². The minimum absolute atomic E-state index is 0.127. The number of cyclic esters (lactones) is 2. The number of rotatable bonds is 1. The third-order valence-electron chi connectivity index (χ3n) is 2.46. The normalized spacial score (nSPS) is 17.6. The first-order chi connectivity index (χ1) is 9.19. The second kappa shape index (κ2) is 5.18. The fraction of sp³-hybridized carbons (Fsp3) is 0.231. The summed E-state index contributed by atoms with van der Waals surface area (Å²) < 4.78 is 23.5. The maximum atomic E-state index is 13.2. The molecule has 1 aliphatic rings. The van der Waals surface area contributed by atoms with Gasteiger partial charge in [-0.3, -0.25) is 0 Å². The van der Waals surface area contributed by atoms with E-state index in [1.54, 1.807) is 0 Å². The minimum Gasteiger partial charge on any atom is -0.419 e. The van der Waals surface area contributed by atoms with Gasteiger partial charge in [-0.1, -0.05) is 27.5 Å². The van der Waals surface area contributed by atoms with Crippen molar-refractivity contribution in [2.45, 2.75) is 19.6 Å². The quantitative estimate of drug-likeness (QED) is 0.332. The van der Waals surface area contributed by atoms with Crippen molar-refractivity contribution in [2.75, 3.05) is 0 Å². The minimum atomic E-state index is -1.30. The third kappa shape index (κ3) is 3.02. The van der Waals surface area contributed by atoms with E-state index in [1.165, 1.54) is 26.0 Å². The van der Waals surface area contributed by atoms with Crippen molar-refractivity contribution in [3.63, 3.8) is 0 Å². The summed E-state index contributed by atoms with van der Waals surface area (Å²) in [4.78, 5) is 23.5. The fourth-order valence-corrected chi connectivity index (χ4v) is 2.18. The van der Waals surface area contributed by atoms with Crippen LogP contribution in [0, 0.1) is 5.82 Å². The van der Waals surface area contributed by atoms with Gasteiger partial charge in [-0.25, -0.2) is 14.0 Å². The van der Waals surface area contributed by atoms with Crippen LogP contribution in [0.15, 0.2) is 22.2 Å². The Labute approximate surface area is 127 Å². The zero-order chi connectivity index (χ0) is 15.1. The lowest BCUT2D eigenvalue weighted by molar-refractivity contribution is -0.222. The monoisotopic (exact) mass is 362 g/mol. The van der Waals surface area contributed by atoms with Gasteiger partial charge in [0.15, 0.2) is 0 Å². The van der Waals surface area contributed by atoms with Gasteiger partial charge in [0.05, 0.1) is 5.02 Å². The van der Waals surface area contributed by atoms with Crippen LogP contribution in [0.2, 0.25) is 5.02 Å². The molecule has 0 bridgehead atoms. The lowest BCUT2D eigenvalue weighted by atomic mass is 10.1. The standard InChI is InChI=1S/C13H9BrClFO4/c1-13(2)19-11(17)7(12(18)20-13)3-6-4-9(15)10(16)5-8(6)14/h3-5H,1-2H3. The number of hydrogen-bond donors (Lipinski definition) is 0. The summed E-state index contributed by atoms with van der Waals surface area (Å²) in [6, 6.07) is 2.42. The molecular formula is C13H9BrClFO4. The third-order valence-corrected chi connectivity index (χ3v) is 3.43. The van der Waals surface area contributed by atoms with E-state index >= 15 is 0 Å². The molecule has 20 heavy (non-hydrogen) atoms. The first-order valence-electron chi connectivity index (χ1n) is 5.52. The van der Waals surface area contributed by atoms with Crippen molar-refractivity contribution in [3.8, 4) is 0 Å². The Morgan fingerprint density at radius 1 is 1.25 bits per heavy atom. The van der Waals surface area contributed by atoms with Crippen LogP contribution in [0.4, 0.5) is 4.39 Å². The highest BCUT2D eigenvalue weighted by Crippen LogP contribution is 2.29. The summed E-state index contributed by atoms with van der Waals surface area (Å²) >= 11 is 8.79. The van der Waals surface area contributed by atoms with E-state index < -0.39 is 23.5 Å². The van der Waals surface area contributed by atoms with Gasteiger partial charge in [-0.2, -0.15) is 0 Å². The van der Waals surface area contributed by atoms with Crippen molar-refractivity contribution < 1.29 is 23.5 Å². The van der Waals surface area contributed by atoms with Gasteiger partial charge in [0.1, 0.15) is 11.4 Å². The van der Waals surface area contributed by atoms with Crippen molar-refractivity contribution in [1.82, 2.24) is 0 Å². The number of halogens is 3.